The monoisotopic (exact) mass is 580 g/mol. The van der Waals surface area contributed by atoms with Crippen LogP contribution >= 0.6 is 0 Å². The van der Waals surface area contributed by atoms with Crippen LogP contribution in [0.1, 0.15) is 43.0 Å². The van der Waals surface area contributed by atoms with Crippen LogP contribution in [0.4, 0.5) is 4.79 Å². The van der Waals surface area contributed by atoms with Crippen LogP contribution in [0.25, 0.3) is 11.0 Å². The summed E-state index contributed by atoms with van der Waals surface area (Å²) in [6.45, 7) is 3.43. The summed E-state index contributed by atoms with van der Waals surface area (Å²) in [5, 5.41) is 5.62. The number of ether oxygens (including phenoxy) is 3. The quantitative estimate of drug-likeness (QED) is 0.250. The highest BCUT2D eigenvalue weighted by molar-refractivity contribution is 5.78. The predicted octanol–water partition coefficient (Wildman–Crippen LogP) is 3.06. The summed E-state index contributed by atoms with van der Waals surface area (Å²) in [5.41, 5.74) is 9.28. The van der Waals surface area contributed by atoms with E-state index in [1.54, 1.807) is 21.3 Å². The third-order valence-corrected chi connectivity index (χ3v) is 7.68. The van der Waals surface area contributed by atoms with Gasteiger partial charge in [-0.25, -0.2) is 9.78 Å². The zero-order chi connectivity index (χ0) is 29.9. The number of carbonyl (C=O) groups excluding carboxylic acids is 2. The number of nitrogens with two attached hydrogens (primary N) is 1. The molecule has 11 heteroatoms. The fourth-order valence-corrected chi connectivity index (χ4v) is 5.52. The Morgan fingerprint density at radius 1 is 1.12 bits per heavy atom. The number of imidazole rings is 1. The number of piperidine rings is 1. The van der Waals surface area contributed by atoms with E-state index in [4.69, 9.17) is 24.9 Å². The average Bonchev–Trinajstić information content (AvgIpc) is 3.38. The van der Waals surface area contributed by atoms with Gasteiger partial charge < -0.3 is 40.0 Å². The third-order valence-electron chi connectivity index (χ3n) is 7.68. The van der Waals surface area contributed by atoms with Gasteiger partial charge in [0.25, 0.3) is 0 Å². The topological polar surface area (TPSA) is 133 Å². The molecule has 3 aromatic rings. The van der Waals surface area contributed by atoms with Crippen molar-refractivity contribution in [3.8, 4) is 11.5 Å². The van der Waals surface area contributed by atoms with E-state index in [0.29, 0.717) is 32.7 Å². The Bertz CT molecular complexity index is 1330. The summed E-state index contributed by atoms with van der Waals surface area (Å²) < 4.78 is 18.2. The van der Waals surface area contributed by atoms with Gasteiger partial charge >= 0.3 is 6.03 Å². The first kappa shape index (κ1) is 31.1. The van der Waals surface area contributed by atoms with E-state index in [0.717, 1.165) is 59.7 Å². The summed E-state index contributed by atoms with van der Waals surface area (Å²) in [4.78, 5) is 32.4. The van der Waals surface area contributed by atoms with Gasteiger partial charge in [0, 0.05) is 64.8 Å². The van der Waals surface area contributed by atoms with Gasteiger partial charge in [-0.3, -0.25) is 4.79 Å². The van der Waals surface area contributed by atoms with Crippen molar-refractivity contribution in [3.05, 3.63) is 53.9 Å². The van der Waals surface area contributed by atoms with E-state index in [2.05, 4.69) is 21.3 Å². The minimum atomic E-state index is -0.485. The van der Waals surface area contributed by atoms with Crippen LogP contribution in [0.15, 0.2) is 42.5 Å². The molecule has 1 saturated heterocycles. The fourth-order valence-electron chi connectivity index (χ4n) is 5.52. The van der Waals surface area contributed by atoms with E-state index in [9.17, 15) is 9.59 Å². The van der Waals surface area contributed by atoms with E-state index in [-0.39, 0.29) is 30.8 Å². The number of aromatic nitrogens is 2. The van der Waals surface area contributed by atoms with Gasteiger partial charge in [0.2, 0.25) is 5.91 Å². The molecule has 0 unspecified atom stereocenters. The van der Waals surface area contributed by atoms with Gasteiger partial charge in [-0.15, -0.1) is 0 Å². The highest BCUT2D eigenvalue weighted by Gasteiger charge is 2.29. The number of hydrogen-bond donors (Lipinski definition) is 3. The predicted molar refractivity (Wildman–Crippen MR) is 162 cm³/mol. The summed E-state index contributed by atoms with van der Waals surface area (Å²) in [5.74, 6) is 2.65. The molecule has 1 aliphatic rings. The van der Waals surface area contributed by atoms with E-state index >= 15 is 0 Å². The fraction of sp³-hybridized carbons (Fsp3) is 0.516. The van der Waals surface area contributed by atoms with Crippen LogP contribution in [0.3, 0.4) is 0 Å². The number of amides is 3. The lowest BCUT2D eigenvalue weighted by molar-refractivity contribution is -0.132. The summed E-state index contributed by atoms with van der Waals surface area (Å²) >= 11 is 0. The SMILES string of the molecule is COCCCn1c([C@@H]2CCCN(C(=O)C[C@H](N)CNC(=O)NCCc3cc(OC)ccc3OC)C2)nc2ccccc21. The molecule has 0 saturated carbocycles. The number of fused-ring (bicyclic) bond motifs is 1. The lowest BCUT2D eigenvalue weighted by atomic mass is 9.96. The van der Waals surface area contributed by atoms with Crippen LogP contribution in [-0.4, -0.2) is 86.5 Å². The van der Waals surface area contributed by atoms with Gasteiger partial charge in [0.1, 0.15) is 17.3 Å². The number of urea groups is 1. The van der Waals surface area contributed by atoms with Crippen molar-refractivity contribution in [2.45, 2.75) is 50.6 Å². The van der Waals surface area contributed by atoms with E-state index in [1.807, 2.05) is 41.3 Å². The molecule has 0 aliphatic carbocycles. The second-order valence-corrected chi connectivity index (χ2v) is 10.7. The molecule has 4 rings (SSSR count). The van der Waals surface area contributed by atoms with Gasteiger partial charge in [-0.05, 0) is 61.6 Å². The Balaban J connectivity index is 1.25. The molecule has 1 aromatic heterocycles. The number of nitrogens with one attached hydrogen (secondary N) is 2. The lowest BCUT2D eigenvalue weighted by Crippen LogP contribution is -2.46. The second-order valence-electron chi connectivity index (χ2n) is 10.7. The molecule has 2 atom stereocenters. The highest BCUT2D eigenvalue weighted by Crippen LogP contribution is 2.30. The Morgan fingerprint density at radius 3 is 2.74 bits per heavy atom. The third kappa shape index (κ3) is 8.13. The number of likely N-dealkylation sites (tertiary alicyclic amines) is 1. The first-order chi connectivity index (χ1) is 20.4. The number of nitrogens with zero attached hydrogens (tertiary/aromatic N) is 3. The highest BCUT2D eigenvalue weighted by atomic mass is 16.5. The smallest absolute Gasteiger partial charge is 0.314 e. The molecule has 0 radical (unpaired) electrons. The largest absolute Gasteiger partial charge is 0.497 e. The Labute approximate surface area is 247 Å². The minimum Gasteiger partial charge on any atom is -0.497 e. The maximum absolute atomic E-state index is 13.2. The molecule has 3 amide bonds. The molecule has 42 heavy (non-hydrogen) atoms. The summed E-state index contributed by atoms with van der Waals surface area (Å²) in [7, 11) is 4.93. The normalized spacial score (nSPS) is 15.8. The van der Waals surface area contributed by atoms with Crippen molar-refractivity contribution in [1.29, 1.82) is 0 Å². The van der Waals surface area contributed by atoms with Gasteiger partial charge in [-0.2, -0.15) is 0 Å². The Morgan fingerprint density at radius 2 is 1.95 bits per heavy atom. The number of benzene rings is 2. The van der Waals surface area contributed by atoms with Gasteiger partial charge in [-0.1, -0.05) is 12.1 Å². The molecule has 1 aliphatic heterocycles. The standard InChI is InChI=1S/C31H44N6O5/c1-40-17-7-16-37-27-10-5-4-9-26(27)35-30(37)23-8-6-15-36(21-23)29(38)19-24(32)20-34-31(39)33-14-13-22-18-25(41-2)11-12-28(22)42-3/h4-5,9-12,18,23-24H,6-8,13-17,19-21,32H2,1-3H3,(H2,33,34,39)/t23-,24+/m1/s1. The maximum atomic E-state index is 13.2. The van der Waals surface area contributed by atoms with Crippen LogP contribution < -0.4 is 25.8 Å². The van der Waals surface area contributed by atoms with Crippen molar-refractivity contribution in [3.63, 3.8) is 0 Å². The minimum absolute atomic E-state index is 0.00146. The van der Waals surface area contributed by atoms with Crippen LogP contribution in [0.2, 0.25) is 0 Å². The Hall–Kier alpha value is -3.83. The van der Waals surface area contributed by atoms with Crippen LogP contribution in [0.5, 0.6) is 11.5 Å². The molecule has 1 fully saturated rings. The van der Waals surface area contributed by atoms with Crippen LogP contribution in [-0.2, 0) is 22.5 Å². The Kier molecular flexibility index (Phi) is 11.4. The molecule has 11 nitrogen and oxygen atoms in total. The van der Waals surface area contributed by atoms with Crippen molar-refractivity contribution in [2.75, 3.05) is 54.1 Å². The molecule has 228 valence electrons. The lowest BCUT2D eigenvalue weighted by Gasteiger charge is -2.33. The van der Waals surface area contributed by atoms with Crippen molar-refractivity contribution >= 4 is 23.0 Å². The number of para-hydroxylation sites is 2. The number of methoxy groups -OCH3 is 3. The van der Waals surface area contributed by atoms with Crippen molar-refractivity contribution in [1.82, 2.24) is 25.1 Å². The van der Waals surface area contributed by atoms with Crippen LogP contribution in [0, 0.1) is 0 Å². The van der Waals surface area contributed by atoms with Gasteiger partial charge in [0.15, 0.2) is 0 Å². The van der Waals surface area contributed by atoms with Crippen molar-refractivity contribution < 1.29 is 23.8 Å². The number of aryl methyl sites for hydroxylation is 1. The molecule has 4 N–H and O–H groups in total. The van der Waals surface area contributed by atoms with E-state index in [1.165, 1.54) is 0 Å². The molecule has 0 bridgehead atoms. The number of hydrogen-bond acceptors (Lipinski definition) is 7. The maximum Gasteiger partial charge on any atom is 0.314 e. The van der Waals surface area contributed by atoms with E-state index < -0.39 is 6.04 Å². The zero-order valence-corrected chi connectivity index (χ0v) is 24.9. The zero-order valence-electron chi connectivity index (χ0n) is 24.9. The molecule has 0 spiro atoms. The molecule has 2 aromatic carbocycles. The molecular weight excluding hydrogens is 536 g/mol. The van der Waals surface area contributed by atoms with Gasteiger partial charge in [0.05, 0.1) is 25.3 Å². The van der Waals surface area contributed by atoms with Crippen molar-refractivity contribution in [2.24, 2.45) is 5.73 Å². The molecule has 2 heterocycles. The number of rotatable bonds is 14. The molecular formula is C31H44N6O5. The first-order valence-corrected chi connectivity index (χ1v) is 14.6. The average molecular weight is 581 g/mol. The summed E-state index contributed by atoms with van der Waals surface area (Å²) in [6.07, 6.45) is 3.52. The second kappa shape index (κ2) is 15.4. The summed E-state index contributed by atoms with van der Waals surface area (Å²) in [6, 6.07) is 12.9. The first-order valence-electron chi connectivity index (χ1n) is 14.6. The number of carbonyl (C=O) groups is 2.